The van der Waals surface area contributed by atoms with Gasteiger partial charge >= 0.3 is 6.09 Å². The quantitative estimate of drug-likeness (QED) is 0.869. The highest BCUT2D eigenvalue weighted by molar-refractivity contribution is 5.92. The summed E-state index contributed by atoms with van der Waals surface area (Å²) >= 11 is 0. The summed E-state index contributed by atoms with van der Waals surface area (Å²) in [4.78, 5) is 32.5. The summed E-state index contributed by atoms with van der Waals surface area (Å²) in [6.45, 7) is 6.87. The molecule has 0 radical (unpaired) electrons. The van der Waals surface area contributed by atoms with Gasteiger partial charge in [0.1, 0.15) is 5.60 Å². The van der Waals surface area contributed by atoms with Crippen LogP contribution in [0.2, 0.25) is 0 Å². The minimum absolute atomic E-state index is 0.0377. The number of H-pyrrole nitrogens is 1. The third kappa shape index (κ3) is 4.58. The summed E-state index contributed by atoms with van der Waals surface area (Å²) in [5.74, 6) is 0.765. The molecule has 0 bridgehead atoms. The molecule has 1 N–H and O–H groups in total. The standard InChI is InChI=1S/C15H23N3O3/c1-15(2,3)21-14(20)18-8-4-11(5-9-18)10-12(19)13-16-6-7-17-13/h6-7,11H,4-5,8-10H2,1-3H3,(H,16,17). The lowest BCUT2D eigenvalue weighted by atomic mass is 9.92. The average Bonchev–Trinajstić information content (AvgIpc) is 2.91. The molecule has 0 aromatic carbocycles. The van der Waals surface area contributed by atoms with Crippen molar-refractivity contribution in [3.63, 3.8) is 0 Å². The number of likely N-dealkylation sites (tertiary alicyclic amines) is 1. The van der Waals surface area contributed by atoms with Gasteiger partial charge in [0, 0.05) is 31.9 Å². The number of piperidine rings is 1. The van der Waals surface area contributed by atoms with Crippen LogP contribution in [0.5, 0.6) is 0 Å². The van der Waals surface area contributed by atoms with Crippen LogP contribution >= 0.6 is 0 Å². The Kier molecular flexibility index (Phi) is 4.65. The molecule has 6 nitrogen and oxygen atoms in total. The number of amides is 1. The van der Waals surface area contributed by atoms with Crippen molar-refractivity contribution in [1.29, 1.82) is 0 Å². The number of nitrogens with zero attached hydrogens (tertiary/aromatic N) is 2. The average molecular weight is 293 g/mol. The number of aromatic amines is 1. The first-order valence-electron chi connectivity index (χ1n) is 7.35. The Bertz CT molecular complexity index is 483. The number of rotatable bonds is 3. The summed E-state index contributed by atoms with van der Waals surface area (Å²) in [5, 5.41) is 0. The molecule has 21 heavy (non-hydrogen) atoms. The Balaban J connectivity index is 1.78. The van der Waals surface area contributed by atoms with Crippen LogP contribution in [0, 0.1) is 5.92 Å². The van der Waals surface area contributed by atoms with E-state index >= 15 is 0 Å². The van der Waals surface area contributed by atoms with Crippen molar-refractivity contribution in [1.82, 2.24) is 14.9 Å². The van der Waals surface area contributed by atoms with Crippen LogP contribution in [0.1, 0.15) is 50.7 Å². The highest BCUT2D eigenvalue weighted by Gasteiger charge is 2.28. The lowest BCUT2D eigenvalue weighted by Gasteiger charge is -2.33. The van der Waals surface area contributed by atoms with Crippen molar-refractivity contribution >= 4 is 11.9 Å². The zero-order chi connectivity index (χ0) is 15.5. The van der Waals surface area contributed by atoms with E-state index in [-0.39, 0.29) is 11.9 Å². The van der Waals surface area contributed by atoms with Crippen LogP contribution in [0.25, 0.3) is 0 Å². The van der Waals surface area contributed by atoms with Crippen LogP contribution in [-0.2, 0) is 4.74 Å². The van der Waals surface area contributed by atoms with Gasteiger partial charge < -0.3 is 14.6 Å². The van der Waals surface area contributed by atoms with Crippen LogP contribution in [0.3, 0.4) is 0 Å². The number of Topliss-reactive ketones (excluding diaryl/α,β-unsaturated/α-hetero) is 1. The van der Waals surface area contributed by atoms with Crippen LogP contribution < -0.4 is 0 Å². The van der Waals surface area contributed by atoms with Crippen molar-refractivity contribution in [3.05, 3.63) is 18.2 Å². The summed E-state index contributed by atoms with van der Waals surface area (Å²) in [6.07, 6.45) is 5.10. The van der Waals surface area contributed by atoms with E-state index in [1.165, 1.54) is 0 Å². The predicted octanol–water partition coefficient (Wildman–Crippen LogP) is 2.63. The second kappa shape index (κ2) is 6.28. The number of ketones is 1. The Hall–Kier alpha value is -1.85. The maximum Gasteiger partial charge on any atom is 0.410 e. The normalized spacial score (nSPS) is 16.8. The molecule has 1 aliphatic heterocycles. The maximum atomic E-state index is 12.0. The number of hydrogen-bond donors (Lipinski definition) is 1. The van der Waals surface area contributed by atoms with Crippen LogP contribution in [-0.4, -0.2) is 45.4 Å². The summed E-state index contributed by atoms with van der Waals surface area (Å²) in [7, 11) is 0. The number of aromatic nitrogens is 2. The van der Waals surface area contributed by atoms with E-state index in [2.05, 4.69) is 9.97 Å². The van der Waals surface area contributed by atoms with Crippen molar-refractivity contribution in [3.8, 4) is 0 Å². The number of carbonyl (C=O) groups is 2. The van der Waals surface area contributed by atoms with Crippen molar-refractivity contribution in [2.45, 2.75) is 45.6 Å². The Morgan fingerprint density at radius 3 is 2.57 bits per heavy atom. The molecule has 0 saturated carbocycles. The molecule has 0 atom stereocenters. The first-order valence-corrected chi connectivity index (χ1v) is 7.35. The molecular formula is C15H23N3O3. The molecule has 1 aromatic heterocycles. The fourth-order valence-electron chi connectivity index (χ4n) is 2.42. The zero-order valence-corrected chi connectivity index (χ0v) is 12.9. The fourth-order valence-corrected chi connectivity index (χ4v) is 2.42. The van der Waals surface area contributed by atoms with E-state index in [4.69, 9.17) is 4.74 Å². The molecule has 0 unspecified atom stereocenters. The molecule has 2 rings (SSSR count). The van der Waals surface area contributed by atoms with Gasteiger partial charge in [-0.2, -0.15) is 0 Å². The minimum Gasteiger partial charge on any atom is -0.444 e. The molecule has 1 aromatic rings. The van der Waals surface area contributed by atoms with Gasteiger partial charge in [-0.3, -0.25) is 4.79 Å². The third-order valence-corrected chi connectivity index (χ3v) is 3.50. The number of nitrogens with one attached hydrogen (secondary N) is 1. The van der Waals surface area contributed by atoms with Crippen molar-refractivity contribution in [2.75, 3.05) is 13.1 Å². The van der Waals surface area contributed by atoms with Crippen LogP contribution in [0.4, 0.5) is 4.79 Å². The first-order chi connectivity index (χ1) is 9.85. The van der Waals surface area contributed by atoms with Gasteiger partial charge in [0.05, 0.1) is 0 Å². The largest absolute Gasteiger partial charge is 0.444 e. The van der Waals surface area contributed by atoms with Gasteiger partial charge in [-0.25, -0.2) is 9.78 Å². The van der Waals surface area contributed by atoms with E-state index in [0.29, 0.717) is 31.3 Å². The van der Waals surface area contributed by atoms with E-state index in [1.54, 1.807) is 17.3 Å². The van der Waals surface area contributed by atoms with Crippen molar-refractivity contribution in [2.24, 2.45) is 5.92 Å². The summed E-state index contributed by atoms with van der Waals surface area (Å²) in [5.41, 5.74) is -0.469. The van der Waals surface area contributed by atoms with Gasteiger partial charge in [0.25, 0.3) is 0 Å². The third-order valence-electron chi connectivity index (χ3n) is 3.50. The number of hydrogen-bond acceptors (Lipinski definition) is 4. The molecule has 1 aliphatic rings. The highest BCUT2D eigenvalue weighted by Crippen LogP contribution is 2.23. The number of ether oxygens (including phenoxy) is 1. The van der Waals surface area contributed by atoms with Gasteiger partial charge in [0.15, 0.2) is 11.6 Å². The van der Waals surface area contributed by atoms with E-state index in [1.807, 2.05) is 20.8 Å². The molecule has 0 spiro atoms. The monoisotopic (exact) mass is 293 g/mol. The molecule has 2 heterocycles. The Morgan fingerprint density at radius 2 is 2.05 bits per heavy atom. The SMILES string of the molecule is CC(C)(C)OC(=O)N1CCC(CC(=O)c2ncc[nH]2)CC1. The Morgan fingerprint density at radius 1 is 1.38 bits per heavy atom. The second-order valence-corrected chi connectivity index (χ2v) is 6.48. The molecular weight excluding hydrogens is 270 g/mol. The van der Waals surface area contributed by atoms with Crippen molar-refractivity contribution < 1.29 is 14.3 Å². The second-order valence-electron chi connectivity index (χ2n) is 6.48. The summed E-state index contributed by atoms with van der Waals surface area (Å²) < 4.78 is 5.36. The molecule has 1 saturated heterocycles. The predicted molar refractivity (Wildman–Crippen MR) is 78.1 cm³/mol. The minimum atomic E-state index is -0.469. The van der Waals surface area contributed by atoms with Gasteiger partial charge in [0.2, 0.25) is 0 Å². The smallest absolute Gasteiger partial charge is 0.410 e. The Labute approximate surface area is 124 Å². The first kappa shape index (κ1) is 15.5. The lowest BCUT2D eigenvalue weighted by Crippen LogP contribution is -2.42. The molecule has 6 heteroatoms. The topological polar surface area (TPSA) is 75.3 Å². The fraction of sp³-hybridized carbons (Fsp3) is 0.667. The van der Waals surface area contributed by atoms with E-state index < -0.39 is 5.60 Å². The molecule has 0 aliphatic carbocycles. The molecule has 1 amide bonds. The number of carbonyl (C=O) groups excluding carboxylic acids is 2. The summed E-state index contributed by atoms with van der Waals surface area (Å²) in [6, 6.07) is 0. The molecule has 1 fully saturated rings. The molecule has 116 valence electrons. The number of imidazole rings is 1. The van der Waals surface area contributed by atoms with Gasteiger partial charge in [-0.1, -0.05) is 0 Å². The van der Waals surface area contributed by atoms with E-state index in [9.17, 15) is 9.59 Å². The van der Waals surface area contributed by atoms with E-state index in [0.717, 1.165) is 12.8 Å². The van der Waals surface area contributed by atoms with Crippen LogP contribution in [0.15, 0.2) is 12.4 Å². The van der Waals surface area contributed by atoms with Gasteiger partial charge in [-0.15, -0.1) is 0 Å². The highest BCUT2D eigenvalue weighted by atomic mass is 16.6. The maximum absolute atomic E-state index is 12.0. The lowest BCUT2D eigenvalue weighted by molar-refractivity contribution is 0.0183. The zero-order valence-electron chi connectivity index (χ0n) is 12.9. The van der Waals surface area contributed by atoms with Gasteiger partial charge in [-0.05, 0) is 39.5 Å².